The maximum absolute atomic E-state index is 13.3. The number of hydrogen-bond acceptors (Lipinski definition) is 3. The molecule has 1 fully saturated rings. The Bertz CT molecular complexity index is 475. The van der Waals surface area contributed by atoms with Gasteiger partial charge in [0, 0.05) is 13.1 Å². The first kappa shape index (κ1) is 14.3. The predicted octanol–water partition coefficient (Wildman–Crippen LogP) is 2.88. The zero-order valence-electron chi connectivity index (χ0n) is 10.4. The number of benzene rings is 1. The van der Waals surface area contributed by atoms with E-state index in [4.69, 9.17) is 12.2 Å². The minimum Gasteiger partial charge on any atom is -0.358 e. The molecular formula is C13H15FN2OS2. The Kier molecular flexibility index (Phi) is 5.15. The molecule has 0 aromatic heterocycles. The van der Waals surface area contributed by atoms with Crippen LogP contribution < -0.4 is 5.32 Å². The maximum Gasteiger partial charge on any atom is 0.234 e. The fourth-order valence-corrected chi connectivity index (χ4v) is 2.92. The van der Waals surface area contributed by atoms with E-state index in [9.17, 15) is 9.18 Å². The number of amides is 1. The van der Waals surface area contributed by atoms with Crippen LogP contribution in [0.4, 0.5) is 10.1 Å². The monoisotopic (exact) mass is 298 g/mol. The van der Waals surface area contributed by atoms with Gasteiger partial charge in [0.1, 0.15) is 10.1 Å². The summed E-state index contributed by atoms with van der Waals surface area (Å²) in [5.74, 6) is -0.455. The number of rotatable bonds is 3. The molecule has 0 radical (unpaired) electrons. The highest BCUT2D eigenvalue weighted by Gasteiger charge is 2.16. The molecule has 1 aliphatic rings. The summed E-state index contributed by atoms with van der Waals surface area (Å²) >= 11 is 6.59. The van der Waals surface area contributed by atoms with Crippen LogP contribution in [0.3, 0.4) is 0 Å². The second-order valence-electron chi connectivity index (χ2n) is 4.28. The van der Waals surface area contributed by atoms with Crippen LogP contribution in [0.25, 0.3) is 0 Å². The molecular weight excluding hydrogens is 283 g/mol. The highest BCUT2D eigenvalue weighted by molar-refractivity contribution is 8.23. The van der Waals surface area contributed by atoms with Crippen molar-refractivity contribution in [3.05, 3.63) is 30.1 Å². The summed E-state index contributed by atoms with van der Waals surface area (Å²) in [6.45, 7) is 1.95. The molecule has 1 heterocycles. The summed E-state index contributed by atoms with van der Waals surface area (Å²) in [7, 11) is 0. The molecule has 0 saturated carbocycles. The molecule has 0 atom stereocenters. The van der Waals surface area contributed by atoms with Gasteiger partial charge in [-0.15, -0.1) is 0 Å². The summed E-state index contributed by atoms with van der Waals surface area (Å²) in [6.07, 6.45) is 2.31. The minimum atomic E-state index is -0.428. The maximum atomic E-state index is 13.3. The number of hydrogen-bond donors (Lipinski definition) is 1. The summed E-state index contributed by atoms with van der Waals surface area (Å²) in [4.78, 5) is 13.8. The lowest BCUT2D eigenvalue weighted by molar-refractivity contribution is -0.113. The van der Waals surface area contributed by atoms with Crippen molar-refractivity contribution in [1.82, 2.24) is 4.90 Å². The first-order chi connectivity index (χ1) is 9.16. The molecule has 1 amide bonds. The van der Waals surface area contributed by atoms with Gasteiger partial charge in [-0.2, -0.15) is 0 Å². The zero-order valence-corrected chi connectivity index (χ0v) is 12.0. The van der Waals surface area contributed by atoms with Crippen molar-refractivity contribution < 1.29 is 9.18 Å². The number of likely N-dealkylation sites (tertiary alicyclic amines) is 1. The third-order valence-corrected chi connectivity index (χ3v) is 4.36. The number of halogens is 1. The Morgan fingerprint density at radius 2 is 2.05 bits per heavy atom. The molecule has 3 nitrogen and oxygen atoms in total. The second kappa shape index (κ2) is 6.86. The smallest absolute Gasteiger partial charge is 0.234 e. The van der Waals surface area contributed by atoms with Gasteiger partial charge in [0.25, 0.3) is 0 Å². The van der Waals surface area contributed by atoms with Crippen molar-refractivity contribution in [2.45, 2.75) is 12.8 Å². The van der Waals surface area contributed by atoms with E-state index in [1.807, 2.05) is 0 Å². The number of anilines is 1. The molecule has 102 valence electrons. The third-order valence-electron chi connectivity index (χ3n) is 2.84. The lowest BCUT2D eigenvalue weighted by atomic mass is 10.3. The number of thiocarbonyl (C=S) groups is 1. The quantitative estimate of drug-likeness (QED) is 0.870. The summed E-state index contributed by atoms with van der Waals surface area (Å²) in [5.41, 5.74) is 0.209. The van der Waals surface area contributed by atoms with Gasteiger partial charge in [0.15, 0.2) is 0 Å². The Hall–Kier alpha value is -1.14. The number of nitrogens with one attached hydrogen (secondary N) is 1. The van der Waals surface area contributed by atoms with Crippen LogP contribution in [0.15, 0.2) is 24.3 Å². The number of carbonyl (C=O) groups excluding carboxylic acids is 1. The van der Waals surface area contributed by atoms with Crippen LogP contribution in [0.1, 0.15) is 12.8 Å². The molecule has 1 aromatic rings. The van der Waals surface area contributed by atoms with Crippen molar-refractivity contribution in [2.75, 3.05) is 24.2 Å². The molecule has 0 aliphatic carbocycles. The molecule has 19 heavy (non-hydrogen) atoms. The number of thioether (sulfide) groups is 1. The van der Waals surface area contributed by atoms with Gasteiger partial charge in [-0.1, -0.05) is 36.1 Å². The SMILES string of the molecule is O=C(CSC(=S)N1CCCC1)Nc1ccccc1F. The Morgan fingerprint density at radius 3 is 2.74 bits per heavy atom. The van der Waals surface area contributed by atoms with Gasteiger partial charge in [-0.05, 0) is 25.0 Å². The first-order valence-electron chi connectivity index (χ1n) is 6.13. The van der Waals surface area contributed by atoms with Crippen LogP contribution in [-0.2, 0) is 4.79 Å². The van der Waals surface area contributed by atoms with Gasteiger partial charge in [0.2, 0.25) is 5.91 Å². The van der Waals surface area contributed by atoms with Crippen molar-refractivity contribution in [3.63, 3.8) is 0 Å². The lowest BCUT2D eigenvalue weighted by Crippen LogP contribution is -2.25. The molecule has 6 heteroatoms. The van der Waals surface area contributed by atoms with E-state index in [-0.39, 0.29) is 17.3 Å². The Balaban J connectivity index is 1.78. The Labute approximate surface area is 121 Å². The molecule has 1 aromatic carbocycles. The molecule has 1 saturated heterocycles. The van der Waals surface area contributed by atoms with Gasteiger partial charge >= 0.3 is 0 Å². The lowest BCUT2D eigenvalue weighted by Gasteiger charge is -2.17. The van der Waals surface area contributed by atoms with E-state index in [1.165, 1.54) is 23.9 Å². The van der Waals surface area contributed by atoms with Crippen molar-refractivity contribution in [1.29, 1.82) is 0 Å². The van der Waals surface area contributed by atoms with E-state index in [2.05, 4.69) is 10.2 Å². The van der Waals surface area contributed by atoms with Crippen molar-refractivity contribution >= 4 is 39.9 Å². The van der Waals surface area contributed by atoms with E-state index < -0.39 is 5.82 Å². The summed E-state index contributed by atoms with van der Waals surface area (Å²) in [6, 6.07) is 6.12. The number of para-hydroxylation sites is 1. The Morgan fingerprint density at radius 1 is 1.37 bits per heavy atom. The standard InChI is InChI=1S/C13H15FN2OS2/c14-10-5-1-2-6-11(10)15-12(17)9-19-13(18)16-7-3-4-8-16/h1-2,5-6H,3-4,7-9H2,(H,15,17). The topological polar surface area (TPSA) is 32.3 Å². The first-order valence-corrected chi connectivity index (χ1v) is 7.52. The normalized spacial score (nSPS) is 14.5. The molecule has 1 N–H and O–H groups in total. The zero-order chi connectivity index (χ0) is 13.7. The molecule has 0 unspecified atom stereocenters. The van der Waals surface area contributed by atoms with E-state index in [0.717, 1.165) is 30.3 Å². The van der Waals surface area contributed by atoms with Crippen LogP contribution in [0.2, 0.25) is 0 Å². The van der Waals surface area contributed by atoms with Gasteiger partial charge in [-0.25, -0.2) is 4.39 Å². The fraction of sp³-hybridized carbons (Fsp3) is 0.385. The van der Waals surface area contributed by atoms with Gasteiger partial charge in [0.05, 0.1) is 11.4 Å². The minimum absolute atomic E-state index is 0.209. The second-order valence-corrected chi connectivity index (χ2v) is 5.89. The molecule has 0 spiro atoms. The van der Waals surface area contributed by atoms with E-state index in [0.29, 0.717) is 0 Å². The molecule has 1 aliphatic heterocycles. The van der Waals surface area contributed by atoms with Gasteiger partial charge in [-0.3, -0.25) is 4.79 Å². The summed E-state index contributed by atoms with van der Waals surface area (Å²) in [5, 5.41) is 2.54. The predicted molar refractivity (Wildman–Crippen MR) is 80.9 cm³/mol. The van der Waals surface area contributed by atoms with Gasteiger partial charge < -0.3 is 10.2 Å². The highest BCUT2D eigenvalue weighted by Crippen LogP contribution is 2.17. The van der Waals surface area contributed by atoms with Crippen LogP contribution in [0, 0.1) is 5.82 Å². The average molecular weight is 298 g/mol. The third kappa shape index (κ3) is 4.18. The fourth-order valence-electron chi connectivity index (χ4n) is 1.87. The van der Waals surface area contributed by atoms with Crippen molar-refractivity contribution in [3.8, 4) is 0 Å². The summed E-state index contributed by atoms with van der Waals surface area (Å²) < 4.78 is 14.1. The number of carbonyl (C=O) groups is 1. The average Bonchev–Trinajstić information content (AvgIpc) is 2.93. The molecule has 2 rings (SSSR count). The number of nitrogens with zero attached hydrogens (tertiary/aromatic N) is 1. The van der Waals surface area contributed by atoms with Crippen LogP contribution >= 0.6 is 24.0 Å². The van der Waals surface area contributed by atoms with Crippen LogP contribution in [0.5, 0.6) is 0 Å². The van der Waals surface area contributed by atoms with Crippen molar-refractivity contribution in [2.24, 2.45) is 0 Å². The highest BCUT2D eigenvalue weighted by atomic mass is 32.2. The van der Waals surface area contributed by atoms with E-state index in [1.54, 1.807) is 12.1 Å². The molecule has 0 bridgehead atoms. The van der Waals surface area contributed by atoms with Crippen LogP contribution in [-0.4, -0.2) is 34.0 Å². The largest absolute Gasteiger partial charge is 0.358 e. The van der Waals surface area contributed by atoms with E-state index >= 15 is 0 Å².